The molecule has 3 nitrogen and oxygen atoms in total. The Kier molecular flexibility index (Phi) is 4.12. The molecule has 2 atom stereocenters. The summed E-state index contributed by atoms with van der Waals surface area (Å²) >= 11 is 0. The van der Waals surface area contributed by atoms with Crippen LogP contribution in [0.3, 0.4) is 0 Å². The first-order chi connectivity index (χ1) is 8.63. The highest BCUT2D eigenvalue weighted by Crippen LogP contribution is 2.33. The van der Waals surface area contributed by atoms with Crippen molar-refractivity contribution in [3.05, 3.63) is 23.8 Å². The van der Waals surface area contributed by atoms with Gasteiger partial charge in [0.25, 0.3) is 0 Å². The van der Waals surface area contributed by atoms with Crippen molar-refractivity contribution in [3.63, 3.8) is 0 Å². The molecule has 0 bridgehead atoms. The first-order valence-electron chi connectivity index (χ1n) is 6.76. The Bertz CT molecular complexity index is 405. The number of phenols is 1. The SMILES string of the molecule is COc1cc(C(C)N2CCCCC2C)ccc1O. The second kappa shape index (κ2) is 5.61. The number of benzene rings is 1. The number of aromatic hydroxyl groups is 1. The Balaban J connectivity index is 2.19. The Labute approximate surface area is 109 Å². The third-order valence-corrected chi connectivity index (χ3v) is 4.04. The van der Waals surface area contributed by atoms with Crippen LogP contribution in [0.15, 0.2) is 18.2 Å². The summed E-state index contributed by atoms with van der Waals surface area (Å²) in [5.41, 5.74) is 1.21. The second-order valence-electron chi connectivity index (χ2n) is 5.19. The average Bonchev–Trinajstić information content (AvgIpc) is 2.39. The molecule has 1 fully saturated rings. The Hall–Kier alpha value is -1.22. The molecule has 1 saturated heterocycles. The zero-order valence-corrected chi connectivity index (χ0v) is 11.5. The van der Waals surface area contributed by atoms with Crippen LogP contribution in [0.5, 0.6) is 11.5 Å². The van der Waals surface area contributed by atoms with Gasteiger partial charge in [-0.3, -0.25) is 4.90 Å². The van der Waals surface area contributed by atoms with Crippen LogP contribution in [-0.2, 0) is 0 Å². The van der Waals surface area contributed by atoms with E-state index in [1.54, 1.807) is 13.2 Å². The molecule has 3 heteroatoms. The molecule has 1 aromatic carbocycles. The number of methoxy groups -OCH3 is 1. The van der Waals surface area contributed by atoms with Crippen molar-refractivity contribution in [1.82, 2.24) is 4.90 Å². The molecule has 2 rings (SSSR count). The smallest absolute Gasteiger partial charge is 0.160 e. The first kappa shape index (κ1) is 13.2. The maximum Gasteiger partial charge on any atom is 0.160 e. The van der Waals surface area contributed by atoms with Crippen molar-refractivity contribution < 1.29 is 9.84 Å². The number of hydrogen-bond donors (Lipinski definition) is 1. The Morgan fingerprint density at radius 2 is 2.17 bits per heavy atom. The zero-order chi connectivity index (χ0) is 13.1. The number of ether oxygens (including phenoxy) is 1. The molecule has 0 radical (unpaired) electrons. The van der Waals surface area contributed by atoms with Gasteiger partial charge in [-0.1, -0.05) is 12.5 Å². The molecule has 1 aliphatic heterocycles. The Morgan fingerprint density at radius 1 is 1.39 bits per heavy atom. The molecule has 0 aliphatic carbocycles. The van der Waals surface area contributed by atoms with E-state index in [0.29, 0.717) is 17.8 Å². The standard InChI is InChI=1S/C15H23NO2/c1-11-6-4-5-9-16(11)12(2)13-7-8-14(17)15(10-13)18-3/h7-8,10-12,17H,4-6,9H2,1-3H3. The minimum atomic E-state index is 0.208. The van der Waals surface area contributed by atoms with Crippen LogP contribution in [0.4, 0.5) is 0 Å². The van der Waals surface area contributed by atoms with E-state index in [2.05, 4.69) is 18.7 Å². The minimum absolute atomic E-state index is 0.208. The minimum Gasteiger partial charge on any atom is -0.504 e. The maximum atomic E-state index is 9.64. The number of phenolic OH excluding ortho intramolecular Hbond substituents is 1. The molecule has 0 aromatic heterocycles. The third kappa shape index (κ3) is 2.61. The normalized spacial score (nSPS) is 22.7. The van der Waals surface area contributed by atoms with Crippen molar-refractivity contribution in [2.45, 2.75) is 45.2 Å². The van der Waals surface area contributed by atoms with Gasteiger partial charge in [-0.05, 0) is 50.9 Å². The third-order valence-electron chi connectivity index (χ3n) is 4.04. The highest BCUT2D eigenvalue weighted by molar-refractivity contribution is 5.42. The molecule has 0 amide bonds. The topological polar surface area (TPSA) is 32.7 Å². The van der Waals surface area contributed by atoms with Crippen molar-refractivity contribution >= 4 is 0 Å². The molecule has 0 saturated carbocycles. The molecular weight excluding hydrogens is 226 g/mol. The summed E-state index contributed by atoms with van der Waals surface area (Å²) in [5.74, 6) is 0.768. The number of rotatable bonds is 3. The van der Waals surface area contributed by atoms with E-state index < -0.39 is 0 Å². The summed E-state index contributed by atoms with van der Waals surface area (Å²) in [6, 6.07) is 6.66. The highest BCUT2D eigenvalue weighted by Gasteiger charge is 2.24. The van der Waals surface area contributed by atoms with Crippen molar-refractivity contribution in [3.8, 4) is 11.5 Å². The lowest BCUT2D eigenvalue weighted by Crippen LogP contribution is -2.39. The summed E-state index contributed by atoms with van der Waals surface area (Å²) in [6.07, 6.45) is 3.90. The van der Waals surface area contributed by atoms with Gasteiger partial charge in [0.1, 0.15) is 0 Å². The summed E-state index contributed by atoms with van der Waals surface area (Å²) < 4.78 is 5.18. The molecule has 1 aliphatic rings. The summed E-state index contributed by atoms with van der Waals surface area (Å²) in [7, 11) is 1.59. The van der Waals surface area contributed by atoms with Gasteiger partial charge in [0, 0.05) is 12.1 Å². The van der Waals surface area contributed by atoms with Gasteiger partial charge in [-0.15, -0.1) is 0 Å². The summed E-state index contributed by atoms with van der Waals surface area (Å²) in [4.78, 5) is 2.54. The predicted octanol–water partition coefficient (Wildman–Crippen LogP) is 3.34. The van der Waals surface area contributed by atoms with Crippen molar-refractivity contribution in [2.24, 2.45) is 0 Å². The van der Waals surface area contributed by atoms with E-state index in [1.807, 2.05) is 12.1 Å². The van der Waals surface area contributed by atoms with Gasteiger partial charge in [0.15, 0.2) is 11.5 Å². The van der Waals surface area contributed by atoms with Gasteiger partial charge in [-0.25, -0.2) is 0 Å². The molecule has 1 heterocycles. The van der Waals surface area contributed by atoms with Crippen LogP contribution in [-0.4, -0.2) is 29.7 Å². The lowest BCUT2D eigenvalue weighted by molar-refractivity contribution is 0.114. The van der Waals surface area contributed by atoms with E-state index in [-0.39, 0.29) is 5.75 Å². The average molecular weight is 249 g/mol. The van der Waals surface area contributed by atoms with Gasteiger partial charge in [-0.2, -0.15) is 0 Å². The monoisotopic (exact) mass is 249 g/mol. The van der Waals surface area contributed by atoms with Crippen molar-refractivity contribution in [2.75, 3.05) is 13.7 Å². The van der Waals surface area contributed by atoms with Crippen molar-refractivity contribution in [1.29, 1.82) is 0 Å². The van der Waals surface area contributed by atoms with Crippen LogP contribution >= 0.6 is 0 Å². The highest BCUT2D eigenvalue weighted by atomic mass is 16.5. The van der Waals surface area contributed by atoms with Gasteiger partial charge < -0.3 is 9.84 Å². The number of nitrogens with zero attached hydrogens (tertiary/aromatic N) is 1. The fourth-order valence-electron chi connectivity index (χ4n) is 2.84. The predicted molar refractivity (Wildman–Crippen MR) is 73.1 cm³/mol. The molecule has 2 unspecified atom stereocenters. The lowest BCUT2D eigenvalue weighted by atomic mass is 9.98. The van der Waals surface area contributed by atoms with Gasteiger partial charge in [0.05, 0.1) is 7.11 Å². The van der Waals surface area contributed by atoms with Crippen LogP contribution in [0, 0.1) is 0 Å². The van der Waals surface area contributed by atoms with E-state index in [9.17, 15) is 5.11 Å². The second-order valence-corrected chi connectivity index (χ2v) is 5.19. The molecule has 0 spiro atoms. The zero-order valence-electron chi connectivity index (χ0n) is 11.5. The quantitative estimate of drug-likeness (QED) is 0.891. The van der Waals surface area contributed by atoms with Crippen LogP contribution < -0.4 is 4.74 Å². The van der Waals surface area contributed by atoms with E-state index >= 15 is 0 Å². The summed E-state index contributed by atoms with van der Waals surface area (Å²) in [5, 5.41) is 9.64. The van der Waals surface area contributed by atoms with E-state index in [1.165, 1.54) is 24.8 Å². The van der Waals surface area contributed by atoms with Crippen LogP contribution in [0.2, 0.25) is 0 Å². The number of likely N-dealkylation sites (tertiary alicyclic amines) is 1. The van der Waals surface area contributed by atoms with E-state index in [0.717, 1.165) is 6.54 Å². The molecular formula is C15H23NO2. The lowest BCUT2D eigenvalue weighted by Gasteiger charge is -2.38. The summed E-state index contributed by atoms with van der Waals surface area (Å²) in [6.45, 7) is 5.69. The van der Waals surface area contributed by atoms with Gasteiger partial charge in [0.2, 0.25) is 0 Å². The fourth-order valence-corrected chi connectivity index (χ4v) is 2.84. The largest absolute Gasteiger partial charge is 0.504 e. The molecule has 1 N–H and O–H groups in total. The number of piperidine rings is 1. The fraction of sp³-hybridized carbons (Fsp3) is 0.600. The van der Waals surface area contributed by atoms with Crippen LogP contribution in [0.1, 0.15) is 44.7 Å². The first-order valence-corrected chi connectivity index (χ1v) is 6.76. The molecule has 18 heavy (non-hydrogen) atoms. The molecule has 100 valence electrons. The Morgan fingerprint density at radius 3 is 2.83 bits per heavy atom. The molecule has 1 aromatic rings. The number of hydrogen-bond acceptors (Lipinski definition) is 3. The van der Waals surface area contributed by atoms with E-state index in [4.69, 9.17) is 4.74 Å². The van der Waals surface area contributed by atoms with Crippen LogP contribution in [0.25, 0.3) is 0 Å². The maximum absolute atomic E-state index is 9.64. The van der Waals surface area contributed by atoms with Gasteiger partial charge >= 0.3 is 0 Å².